The van der Waals surface area contributed by atoms with Gasteiger partial charge in [0.05, 0.1) is 13.5 Å². The largest absolute Gasteiger partial charge is 0.467 e. The molecule has 0 spiro atoms. The lowest BCUT2D eigenvalue weighted by molar-refractivity contribution is -0.145. The van der Waals surface area contributed by atoms with Crippen molar-refractivity contribution in [3.8, 4) is 0 Å². The van der Waals surface area contributed by atoms with Crippen LogP contribution < -0.4 is 5.32 Å². The lowest BCUT2D eigenvalue weighted by Crippen LogP contribution is -2.43. The molecule has 2 aromatic rings. The first kappa shape index (κ1) is 17.6. The highest BCUT2D eigenvalue weighted by atomic mass is 19.1. The molecule has 0 aromatic heterocycles. The van der Waals surface area contributed by atoms with E-state index in [0.29, 0.717) is 0 Å². The Balaban J connectivity index is 2.05. The first-order valence-corrected chi connectivity index (χ1v) is 7.34. The fourth-order valence-electron chi connectivity index (χ4n) is 2.33. The van der Waals surface area contributed by atoms with Crippen LogP contribution in [-0.2, 0) is 27.2 Å². The van der Waals surface area contributed by atoms with Crippen molar-refractivity contribution in [1.29, 1.82) is 0 Å². The summed E-state index contributed by atoms with van der Waals surface area (Å²) in [5.41, 5.74) is 1.04. The second-order valence-electron chi connectivity index (χ2n) is 5.29. The highest BCUT2D eigenvalue weighted by molar-refractivity contribution is 5.85. The molecular weight excluding hydrogens is 316 g/mol. The monoisotopic (exact) mass is 333 g/mol. The van der Waals surface area contributed by atoms with Crippen molar-refractivity contribution < 1.29 is 23.1 Å². The van der Waals surface area contributed by atoms with Gasteiger partial charge < -0.3 is 10.1 Å². The normalized spacial score (nSPS) is 11.6. The van der Waals surface area contributed by atoms with E-state index in [9.17, 15) is 18.4 Å². The molecule has 0 fully saturated rings. The lowest BCUT2D eigenvalue weighted by atomic mass is 10.1. The average molecular weight is 333 g/mol. The maximum Gasteiger partial charge on any atom is 0.328 e. The third-order valence-electron chi connectivity index (χ3n) is 3.39. The van der Waals surface area contributed by atoms with E-state index in [1.54, 1.807) is 0 Å². The standard InChI is InChI=1S/C18H17F2NO3/c1-24-18(23)16(9-12-5-3-2-4-6-12)21-17(22)10-13-7-14(19)11-15(20)8-13/h2-8,11,16H,9-10H2,1H3,(H,21,22)/t16-/m1/s1. The van der Waals surface area contributed by atoms with Crippen LogP contribution in [0.25, 0.3) is 0 Å². The smallest absolute Gasteiger partial charge is 0.328 e. The summed E-state index contributed by atoms with van der Waals surface area (Å²) in [6, 6.07) is 11.1. The number of carbonyl (C=O) groups excluding carboxylic acids is 2. The van der Waals surface area contributed by atoms with Gasteiger partial charge in [-0.05, 0) is 23.3 Å². The fraction of sp³-hybridized carbons (Fsp3) is 0.222. The van der Waals surface area contributed by atoms with Gasteiger partial charge in [-0.3, -0.25) is 4.79 Å². The molecule has 0 saturated heterocycles. The Bertz CT molecular complexity index is 699. The molecule has 0 radical (unpaired) electrons. The minimum absolute atomic E-state index is 0.188. The molecule has 0 unspecified atom stereocenters. The summed E-state index contributed by atoms with van der Waals surface area (Å²) in [4.78, 5) is 23.9. The molecule has 0 aliphatic rings. The van der Waals surface area contributed by atoms with Crippen molar-refractivity contribution in [2.45, 2.75) is 18.9 Å². The van der Waals surface area contributed by atoms with E-state index in [2.05, 4.69) is 5.32 Å². The molecule has 1 N–H and O–H groups in total. The van der Waals surface area contributed by atoms with Crippen molar-refractivity contribution in [3.05, 3.63) is 71.3 Å². The molecule has 0 aliphatic heterocycles. The van der Waals surface area contributed by atoms with E-state index in [1.165, 1.54) is 7.11 Å². The first-order chi connectivity index (χ1) is 11.5. The van der Waals surface area contributed by atoms with Gasteiger partial charge in [-0.25, -0.2) is 13.6 Å². The molecule has 4 nitrogen and oxygen atoms in total. The van der Waals surface area contributed by atoms with Crippen LogP contribution in [0.2, 0.25) is 0 Å². The Labute approximate surface area is 138 Å². The highest BCUT2D eigenvalue weighted by Crippen LogP contribution is 2.09. The van der Waals surface area contributed by atoms with Crippen molar-refractivity contribution in [2.24, 2.45) is 0 Å². The van der Waals surface area contributed by atoms with Crippen LogP contribution in [0.3, 0.4) is 0 Å². The number of methoxy groups -OCH3 is 1. The van der Waals surface area contributed by atoms with Crippen molar-refractivity contribution in [1.82, 2.24) is 5.32 Å². The van der Waals surface area contributed by atoms with Gasteiger partial charge >= 0.3 is 5.97 Å². The fourth-order valence-corrected chi connectivity index (χ4v) is 2.33. The zero-order valence-corrected chi connectivity index (χ0v) is 13.1. The molecule has 0 saturated carbocycles. The van der Waals surface area contributed by atoms with Crippen LogP contribution in [0.15, 0.2) is 48.5 Å². The number of esters is 1. The number of hydrogen-bond acceptors (Lipinski definition) is 3. The van der Waals surface area contributed by atoms with E-state index in [-0.39, 0.29) is 18.4 Å². The van der Waals surface area contributed by atoms with Crippen LogP contribution >= 0.6 is 0 Å². The number of ether oxygens (including phenoxy) is 1. The van der Waals surface area contributed by atoms with Gasteiger partial charge in [0, 0.05) is 12.5 Å². The number of carbonyl (C=O) groups is 2. The zero-order valence-electron chi connectivity index (χ0n) is 13.1. The summed E-state index contributed by atoms with van der Waals surface area (Å²) < 4.78 is 31.0. The van der Waals surface area contributed by atoms with Gasteiger partial charge in [0.1, 0.15) is 17.7 Å². The SMILES string of the molecule is COC(=O)[C@@H](Cc1ccccc1)NC(=O)Cc1cc(F)cc(F)c1. The molecule has 0 bridgehead atoms. The molecule has 126 valence electrons. The van der Waals surface area contributed by atoms with Gasteiger partial charge in [0.15, 0.2) is 0 Å². The third-order valence-corrected chi connectivity index (χ3v) is 3.39. The molecule has 1 amide bonds. The van der Waals surface area contributed by atoms with E-state index in [1.807, 2.05) is 30.3 Å². The maximum absolute atomic E-state index is 13.2. The summed E-state index contributed by atoms with van der Waals surface area (Å²) in [6.45, 7) is 0. The number of amides is 1. The summed E-state index contributed by atoms with van der Waals surface area (Å²) in [6.07, 6.45) is 0.0216. The second kappa shape index (κ2) is 8.19. The Morgan fingerprint density at radius 1 is 1.04 bits per heavy atom. The molecule has 2 rings (SSSR count). The molecule has 1 atom stereocenters. The van der Waals surface area contributed by atoms with E-state index in [4.69, 9.17) is 4.74 Å². The van der Waals surface area contributed by atoms with Crippen LogP contribution in [0.5, 0.6) is 0 Å². The van der Waals surface area contributed by atoms with Crippen LogP contribution in [-0.4, -0.2) is 25.0 Å². The van der Waals surface area contributed by atoms with Gasteiger partial charge in [-0.1, -0.05) is 30.3 Å². The van der Waals surface area contributed by atoms with Gasteiger partial charge in [-0.15, -0.1) is 0 Å². The Morgan fingerprint density at radius 3 is 2.25 bits per heavy atom. The summed E-state index contributed by atoms with van der Waals surface area (Å²) in [5.74, 6) is -2.62. The first-order valence-electron chi connectivity index (χ1n) is 7.34. The molecular formula is C18H17F2NO3. The second-order valence-corrected chi connectivity index (χ2v) is 5.29. The van der Waals surface area contributed by atoms with Crippen molar-refractivity contribution in [3.63, 3.8) is 0 Å². The quantitative estimate of drug-likeness (QED) is 0.826. The van der Waals surface area contributed by atoms with Crippen LogP contribution in [0.1, 0.15) is 11.1 Å². The van der Waals surface area contributed by atoms with Crippen LogP contribution in [0.4, 0.5) is 8.78 Å². The number of halogens is 2. The molecule has 0 heterocycles. The highest BCUT2D eigenvalue weighted by Gasteiger charge is 2.22. The molecule has 24 heavy (non-hydrogen) atoms. The van der Waals surface area contributed by atoms with Crippen molar-refractivity contribution >= 4 is 11.9 Å². The number of benzene rings is 2. The molecule has 6 heteroatoms. The van der Waals surface area contributed by atoms with E-state index < -0.39 is 29.6 Å². The molecule has 0 aliphatic carbocycles. The van der Waals surface area contributed by atoms with E-state index in [0.717, 1.165) is 23.8 Å². The number of nitrogens with one attached hydrogen (secondary N) is 1. The Morgan fingerprint density at radius 2 is 1.67 bits per heavy atom. The predicted octanol–water partition coefficient (Wildman–Crippen LogP) is 2.41. The molecule has 2 aromatic carbocycles. The summed E-state index contributed by atoms with van der Waals surface area (Å²) in [7, 11) is 1.23. The Hall–Kier alpha value is -2.76. The Kier molecular flexibility index (Phi) is 6.01. The maximum atomic E-state index is 13.2. The minimum Gasteiger partial charge on any atom is -0.467 e. The zero-order chi connectivity index (χ0) is 17.5. The minimum atomic E-state index is -0.872. The third kappa shape index (κ3) is 5.15. The topological polar surface area (TPSA) is 55.4 Å². The number of hydrogen-bond donors (Lipinski definition) is 1. The van der Waals surface area contributed by atoms with Crippen LogP contribution in [0, 0.1) is 11.6 Å². The number of rotatable bonds is 6. The van der Waals surface area contributed by atoms with Gasteiger partial charge in [-0.2, -0.15) is 0 Å². The van der Waals surface area contributed by atoms with Gasteiger partial charge in [0.2, 0.25) is 5.91 Å². The average Bonchev–Trinajstić information content (AvgIpc) is 2.53. The van der Waals surface area contributed by atoms with E-state index >= 15 is 0 Å². The summed E-state index contributed by atoms with van der Waals surface area (Å²) >= 11 is 0. The lowest BCUT2D eigenvalue weighted by Gasteiger charge is -2.16. The van der Waals surface area contributed by atoms with Crippen molar-refractivity contribution in [2.75, 3.05) is 7.11 Å². The van der Waals surface area contributed by atoms with Gasteiger partial charge in [0.25, 0.3) is 0 Å². The predicted molar refractivity (Wildman–Crippen MR) is 84.2 cm³/mol. The summed E-state index contributed by atoms with van der Waals surface area (Å²) in [5, 5.41) is 2.55.